The van der Waals surface area contributed by atoms with Crippen LogP contribution in [0.1, 0.15) is 50.3 Å². The lowest BCUT2D eigenvalue weighted by molar-refractivity contribution is -0.149. The Morgan fingerprint density at radius 1 is 1.32 bits per heavy atom. The number of carbonyl (C=O) groups excluding carboxylic acids is 1. The first-order chi connectivity index (χ1) is 13.0. The number of benzene rings is 1. The van der Waals surface area contributed by atoms with E-state index in [1.807, 2.05) is 0 Å². The van der Waals surface area contributed by atoms with Gasteiger partial charge in [0.25, 0.3) is 0 Å². The zero-order valence-corrected chi connectivity index (χ0v) is 15.7. The number of nitrogens with one attached hydrogen (secondary N) is 1. The molecule has 0 aliphatic rings. The lowest BCUT2D eigenvalue weighted by Gasteiger charge is -2.20. The number of carbonyl (C=O) groups is 2. The van der Waals surface area contributed by atoms with Crippen molar-refractivity contribution in [2.24, 2.45) is 5.73 Å². The summed E-state index contributed by atoms with van der Waals surface area (Å²) in [4.78, 5) is 22.3. The highest BCUT2D eigenvalue weighted by Crippen LogP contribution is 2.40. The van der Waals surface area contributed by atoms with Crippen LogP contribution in [-0.4, -0.2) is 40.9 Å². The van der Waals surface area contributed by atoms with E-state index in [9.17, 15) is 27.9 Å². The molecule has 5 N–H and O–H groups in total. The Hall–Kier alpha value is -2.49. The van der Waals surface area contributed by atoms with Crippen LogP contribution in [0.15, 0.2) is 12.1 Å². The summed E-state index contributed by atoms with van der Waals surface area (Å²) < 4.78 is 44.1. The van der Waals surface area contributed by atoms with Gasteiger partial charge in [0.05, 0.1) is 6.61 Å². The maximum Gasteiger partial charge on any atom is 0.407 e. The predicted molar refractivity (Wildman–Crippen MR) is 95.1 cm³/mol. The molecule has 28 heavy (non-hydrogen) atoms. The average Bonchev–Trinajstić information content (AvgIpc) is 2.60. The molecule has 0 saturated heterocycles. The first-order valence-corrected chi connectivity index (χ1v) is 8.81. The molecule has 0 aromatic heterocycles. The normalized spacial score (nSPS) is 13.6. The molecule has 158 valence electrons. The highest BCUT2D eigenvalue weighted by atomic mass is 19.4. The van der Waals surface area contributed by atoms with Crippen LogP contribution in [0, 0.1) is 0 Å². The number of phenolic OH excluding ortho intramolecular Hbond substituents is 1. The average molecular weight is 406 g/mol. The number of phenols is 1. The van der Waals surface area contributed by atoms with Crippen molar-refractivity contribution >= 4 is 11.9 Å². The molecule has 0 radical (unpaired) electrons. The number of alkyl halides is 3. The van der Waals surface area contributed by atoms with Crippen LogP contribution >= 0.6 is 0 Å². The number of hydrogen-bond donors (Lipinski definition) is 4. The molecular weight excluding hydrogens is 381 g/mol. The van der Waals surface area contributed by atoms with E-state index in [2.05, 4.69) is 5.32 Å². The van der Waals surface area contributed by atoms with Crippen molar-refractivity contribution in [2.75, 3.05) is 6.61 Å². The lowest BCUT2D eigenvalue weighted by Crippen LogP contribution is -2.38. The summed E-state index contributed by atoms with van der Waals surface area (Å²) in [6.07, 6.45) is -3.57. The number of amides is 1. The van der Waals surface area contributed by atoms with Crippen LogP contribution in [0.3, 0.4) is 0 Å². The van der Waals surface area contributed by atoms with Gasteiger partial charge in [-0.15, -0.1) is 0 Å². The van der Waals surface area contributed by atoms with Crippen molar-refractivity contribution in [2.45, 2.75) is 57.8 Å². The fourth-order valence-corrected chi connectivity index (χ4v) is 2.48. The van der Waals surface area contributed by atoms with Gasteiger partial charge >= 0.3 is 12.1 Å². The highest BCUT2D eigenvalue weighted by molar-refractivity contribution is 5.83. The molecule has 1 aromatic rings. The molecule has 1 rings (SSSR count). The van der Waals surface area contributed by atoms with Crippen molar-refractivity contribution in [3.05, 3.63) is 23.3 Å². The maximum atomic E-state index is 12.9. The predicted octanol–water partition coefficient (Wildman–Crippen LogP) is 2.66. The molecule has 2 atom stereocenters. The number of carboxylic acids is 1. The minimum absolute atomic E-state index is 0.0176. The molecular formula is C18H25F3N2O5. The van der Waals surface area contributed by atoms with Crippen molar-refractivity contribution in [1.29, 1.82) is 0 Å². The van der Waals surface area contributed by atoms with E-state index < -0.39 is 41.4 Å². The first kappa shape index (κ1) is 23.5. The minimum atomic E-state index is -4.69. The molecule has 10 heteroatoms. The van der Waals surface area contributed by atoms with Crippen LogP contribution in [0.5, 0.6) is 11.5 Å². The number of aromatic hydroxyl groups is 1. The van der Waals surface area contributed by atoms with Crippen molar-refractivity contribution < 1.29 is 37.7 Å². The SMILES string of the molecule is CCCc1c(OCCCC(=O)N[C@@H](C)C(=O)O)ccc(C(N)C(F)(F)F)c1O. The van der Waals surface area contributed by atoms with Gasteiger partial charge in [-0.3, -0.25) is 9.59 Å². The third kappa shape index (κ3) is 6.59. The van der Waals surface area contributed by atoms with E-state index in [4.69, 9.17) is 15.6 Å². The fraction of sp³-hybridized carbons (Fsp3) is 0.556. The number of ether oxygens (including phenoxy) is 1. The molecule has 7 nitrogen and oxygen atoms in total. The van der Waals surface area contributed by atoms with E-state index in [1.165, 1.54) is 13.0 Å². The Morgan fingerprint density at radius 3 is 2.50 bits per heavy atom. The van der Waals surface area contributed by atoms with Crippen LogP contribution < -0.4 is 15.8 Å². The highest BCUT2D eigenvalue weighted by Gasteiger charge is 2.39. The molecule has 0 spiro atoms. The number of rotatable bonds is 10. The van der Waals surface area contributed by atoms with E-state index in [0.29, 0.717) is 6.42 Å². The lowest BCUT2D eigenvalue weighted by atomic mass is 9.99. The maximum absolute atomic E-state index is 12.9. The summed E-state index contributed by atoms with van der Waals surface area (Å²) in [5.74, 6) is -1.93. The van der Waals surface area contributed by atoms with E-state index in [0.717, 1.165) is 6.07 Å². The Kier molecular flexibility index (Phi) is 8.55. The van der Waals surface area contributed by atoms with Gasteiger partial charge in [0.1, 0.15) is 23.6 Å². The van der Waals surface area contributed by atoms with Gasteiger partial charge in [-0.2, -0.15) is 13.2 Å². The third-order valence-corrected chi connectivity index (χ3v) is 4.01. The van der Waals surface area contributed by atoms with Gasteiger partial charge in [-0.25, -0.2) is 0 Å². The molecule has 0 saturated carbocycles. The second kappa shape index (κ2) is 10.2. The van der Waals surface area contributed by atoms with Crippen LogP contribution in [-0.2, 0) is 16.0 Å². The van der Waals surface area contributed by atoms with Crippen molar-refractivity contribution in [3.63, 3.8) is 0 Å². The zero-order valence-electron chi connectivity index (χ0n) is 15.7. The second-order valence-electron chi connectivity index (χ2n) is 6.33. The van der Waals surface area contributed by atoms with Crippen molar-refractivity contribution in [1.82, 2.24) is 5.32 Å². The molecule has 0 aliphatic carbocycles. The standard InChI is InChI=1S/C18H25F3N2O5/c1-3-5-11-13(8-7-12(15(11)25)16(22)18(19,20)21)28-9-4-6-14(24)23-10(2)17(26)27/h7-8,10,16,25H,3-6,9,22H2,1-2H3,(H,23,24)(H,26,27)/t10-,16?/m0/s1. The van der Waals surface area contributed by atoms with E-state index >= 15 is 0 Å². The number of aliphatic carboxylic acids is 1. The topological polar surface area (TPSA) is 122 Å². The van der Waals surface area contributed by atoms with Gasteiger partial charge < -0.3 is 26.0 Å². The fourth-order valence-electron chi connectivity index (χ4n) is 2.48. The van der Waals surface area contributed by atoms with Gasteiger partial charge in [0, 0.05) is 17.5 Å². The van der Waals surface area contributed by atoms with Crippen molar-refractivity contribution in [3.8, 4) is 11.5 Å². The Balaban J connectivity index is 2.77. The summed E-state index contributed by atoms with van der Waals surface area (Å²) >= 11 is 0. The summed E-state index contributed by atoms with van der Waals surface area (Å²) in [5, 5.41) is 21.3. The third-order valence-electron chi connectivity index (χ3n) is 4.01. The van der Waals surface area contributed by atoms with Crippen LogP contribution in [0.4, 0.5) is 13.2 Å². The molecule has 0 aliphatic heterocycles. The number of nitrogens with two attached hydrogens (primary N) is 1. The summed E-state index contributed by atoms with van der Waals surface area (Å²) in [6.45, 7) is 3.20. The molecule has 1 amide bonds. The summed E-state index contributed by atoms with van der Waals surface area (Å²) in [6, 6.07) is -0.925. The molecule has 0 fully saturated rings. The smallest absolute Gasteiger partial charge is 0.407 e. The van der Waals surface area contributed by atoms with Crippen LogP contribution in [0.25, 0.3) is 0 Å². The monoisotopic (exact) mass is 406 g/mol. The number of hydrogen-bond acceptors (Lipinski definition) is 5. The molecule has 0 heterocycles. The first-order valence-electron chi connectivity index (χ1n) is 8.81. The van der Waals surface area contributed by atoms with Gasteiger partial charge in [0.2, 0.25) is 5.91 Å². The quantitative estimate of drug-likeness (QED) is 0.443. The molecule has 1 aromatic carbocycles. The van der Waals surface area contributed by atoms with E-state index in [-0.39, 0.29) is 37.2 Å². The van der Waals surface area contributed by atoms with Gasteiger partial charge in [-0.05, 0) is 31.9 Å². The largest absolute Gasteiger partial charge is 0.507 e. The van der Waals surface area contributed by atoms with Gasteiger partial charge in [-0.1, -0.05) is 13.3 Å². The number of carboxylic acid groups (broad SMARTS) is 1. The number of halogens is 3. The molecule has 1 unspecified atom stereocenters. The minimum Gasteiger partial charge on any atom is -0.507 e. The Bertz CT molecular complexity index is 695. The van der Waals surface area contributed by atoms with Gasteiger partial charge in [0.15, 0.2) is 0 Å². The Labute approximate surface area is 160 Å². The second-order valence-corrected chi connectivity index (χ2v) is 6.33. The van der Waals surface area contributed by atoms with Crippen LogP contribution in [0.2, 0.25) is 0 Å². The Morgan fingerprint density at radius 2 is 1.96 bits per heavy atom. The molecule has 0 bridgehead atoms. The zero-order chi connectivity index (χ0) is 21.5. The summed E-state index contributed by atoms with van der Waals surface area (Å²) in [5.41, 5.74) is 4.99. The summed E-state index contributed by atoms with van der Waals surface area (Å²) in [7, 11) is 0. The van der Waals surface area contributed by atoms with E-state index in [1.54, 1.807) is 6.92 Å².